The Balaban J connectivity index is 2.37. The van der Waals surface area contributed by atoms with E-state index in [1.54, 1.807) is 11.3 Å². The standard InChI is InChI=1S/C12H20N2OS/c1-9(2)7-11(13-3)12(15)14-8-10-5-4-6-16-10/h4-6,9,11,13H,7-8H2,1-3H3,(H,14,15). The third-order valence-corrected chi connectivity index (χ3v) is 3.27. The Morgan fingerprint density at radius 1 is 1.50 bits per heavy atom. The van der Waals surface area contributed by atoms with E-state index in [9.17, 15) is 4.79 Å². The number of thiophene rings is 1. The van der Waals surface area contributed by atoms with Crippen LogP contribution >= 0.6 is 11.3 Å². The molecule has 1 amide bonds. The van der Waals surface area contributed by atoms with Crippen LogP contribution in [0.25, 0.3) is 0 Å². The topological polar surface area (TPSA) is 41.1 Å². The van der Waals surface area contributed by atoms with E-state index in [1.807, 2.05) is 24.6 Å². The van der Waals surface area contributed by atoms with Crippen LogP contribution in [-0.4, -0.2) is 19.0 Å². The predicted molar refractivity (Wildman–Crippen MR) is 68.5 cm³/mol. The van der Waals surface area contributed by atoms with Crippen molar-refractivity contribution >= 4 is 17.2 Å². The number of hydrogen-bond acceptors (Lipinski definition) is 3. The Labute approximate surface area is 101 Å². The van der Waals surface area contributed by atoms with Crippen molar-refractivity contribution in [2.45, 2.75) is 32.9 Å². The van der Waals surface area contributed by atoms with Crippen LogP contribution in [0.4, 0.5) is 0 Å². The molecule has 0 saturated heterocycles. The minimum absolute atomic E-state index is 0.0834. The second kappa shape index (κ2) is 6.66. The van der Waals surface area contributed by atoms with E-state index < -0.39 is 0 Å². The average Bonchev–Trinajstić information content (AvgIpc) is 2.75. The van der Waals surface area contributed by atoms with Gasteiger partial charge in [-0.15, -0.1) is 11.3 Å². The lowest BCUT2D eigenvalue weighted by Gasteiger charge is -2.17. The molecule has 1 unspecified atom stereocenters. The van der Waals surface area contributed by atoms with Crippen molar-refractivity contribution in [2.24, 2.45) is 5.92 Å². The van der Waals surface area contributed by atoms with Crippen molar-refractivity contribution in [1.29, 1.82) is 0 Å². The SMILES string of the molecule is CNC(CC(C)C)C(=O)NCc1cccs1. The van der Waals surface area contributed by atoms with Gasteiger partial charge in [-0.25, -0.2) is 0 Å². The van der Waals surface area contributed by atoms with Gasteiger partial charge >= 0.3 is 0 Å². The quantitative estimate of drug-likeness (QED) is 0.798. The first-order valence-corrected chi connectivity index (χ1v) is 6.48. The van der Waals surface area contributed by atoms with E-state index in [-0.39, 0.29) is 11.9 Å². The fourth-order valence-corrected chi connectivity index (χ4v) is 2.18. The molecular weight excluding hydrogens is 220 g/mol. The van der Waals surface area contributed by atoms with E-state index in [4.69, 9.17) is 0 Å². The molecule has 16 heavy (non-hydrogen) atoms. The van der Waals surface area contributed by atoms with Crippen LogP contribution in [0, 0.1) is 5.92 Å². The third-order valence-electron chi connectivity index (χ3n) is 2.39. The van der Waals surface area contributed by atoms with E-state index >= 15 is 0 Å². The van der Waals surface area contributed by atoms with Gasteiger partial charge in [-0.05, 0) is 30.8 Å². The Hall–Kier alpha value is -0.870. The highest BCUT2D eigenvalue weighted by atomic mass is 32.1. The Morgan fingerprint density at radius 2 is 2.25 bits per heavy atom. The normalized spacial score (nSPS) is 12.8. The summed E-state index contributed by atoms with van der Waals surface area (Å²) >= 11 is 1.66. The van der Waals surface area contributed by atoms with Crippen LogP contribution in [0.3, 0.4) is 0 Å². The number of amides is 1. The second-order valence-corrected chi connectivity index (χ2v) is 5.30. The van der Waals surface area contributed by atoms with Crippen molar-refractivity contribution in [1.82, 2.24) is 10.6 Å². The van der Waals surface area contributed by atoms with E-state index in [0.717, 1.165) is 6.42 Å². The first-order valence-electron chi connectivity index (χ1n) is 5.60. The minimum atomic E-state index is -0.0834. The molecule has 2 N–H and O–H groups in total. The molecule has 0 bridgehead atoms. The summed E-state index contributed by atoms with van der Waals surface area (Å²) in [5.41, 5.74) is 0. The molecule has 1 rings (SSSR count). The lowest BCUT2D eigenvalue weighted by atomic mass is 10.0. The smallest absolute Gasteiger partial charge is 0.237 e. The summed E-state index contributed by atoms with van der Waals surface area (Å²) in [5.74, 6) is 0.606. The van der Waals surface area contributed by atoms with Gasteiger partial charge in [-0.1, -0.05) is 19.9 Å². The fourth-order valence-electron chi connectivity index (χ4n) is 1.54. The first-order chi connectivity index (χ1) is 7.63. The number of hydrogen-bond donors (Lipinski definition) is 2. The monoisotopic (exact) mass is 240 g/mol. The van der Waals surface area contributed by atoms with Crippen LogP contribution < -0.4 is 10.6 Å². The molecule has 0 aromatic carbocycles. The number of rotatable bonds is 6. The molecule has 4 heteroatoms. The molecule has 0 aliphatic heterocycles. The third kappa shape index (κ3) is 4.33. The summed E-state index contributed by atoms with van der Waals surface area (Å²) in [4.78, 5) is 13.0. The maximum atomic E-state index is 11.8. The van der Waals surface area contributed by atoms with Crippen molar-refractivity contribution in [2.75, 3.05) is 7.05 Å². The van der Waals surface area contributed by atoms with Crippen LogP contribution in [0.5, 0.6) is 0 Å². The molecule has 0 aliphatic carbocycles. The highest BCUT2D eigenvalue weighted by Crippen LogP contribution is 2.08. The van der Waals surface area contributed by atoms with Crippen LogP contribution in [0.2, 0.25) is 0 Å². The largest absolute Gasteiger partial charge is 0.350 e. The molecule has 1 heterocycles. The van der Waals surface area contributed by atoms with Gasteiger partial charge < -0.3 is 10.6 Å². The molecule has 1 atom stereocenters. The number of carbonyl (C=O) groups is 1. The molecule has 0 saturated carbocycles. The Bertz CT molecular complexity index is 309. The predicted octanol–water partition coefficient (Wildman–Crippen LogP) is 2.00. The van der Waals surface area contributed by atoms with Gasteiger partial charge in [0.2, 0.25) is 5.91 Å². The molecule has 90 valence electrons. The van der Waals surface area contributed by atoms with E-state index in [0.29, 0.717) is 12.5 Å². The first kappa shape index (κ1) is 13.2. The van der Waals surface area contributed by atoms with Gasteiger partial charge in [-0.3, -0.25) is 4.79 Å². The fraction of sp³-hybridized carbons (Fsp3) is 0.583. The number of likely N-dealkylation sites (N-methyl/N-ethyl adjacent to an activating group) is 1. The van der Waals surface area contributed by atoms with E-state index in [2.05, 4.69) is 24.5 Å². The average molecular weight is 240 g/mol. The molecule has 0 aliphatic rings. The summed E-state index contributed by atoms with van der Waals surface area (Å²) in [6.45, 7) is 4.88. The highest BCUT2D eigenvalue weighted by Gasteiger charge is 2.17. The minimum Gasteiger partial charge on any atom is -0.350 e. The number of nitrogens with one attached hydrogen (secondary N) is 2. The lowest BCUT2D eigenvalue weighted by Crippen LogP contribution is -2.42. The van der Waals surface area contributed by atoms with Crippen molar-refractivity contribution in [3.05, 3.63) is 22.4 Å². The summed E-state index contributed by atoms with van der Waals surface area (Å²) in [6, 6.07) is 3.94. The van der Waals surface area contributed by atoms with E-state index in [1.165, 1.54) is 4.88 Å². The van der Waals surface area contributed by atoms with Crippen LogP contribution in [0.1, 0.15) is 25.1 Å². The van der Waals surface area contributed by atoms with Gasteiger partial charge in [0, 0.05) is 4.88 Å². The summed E-state index contributed by atoms with van der Waals surface area (Å²) < 4.78 is 0. The van der Waals surface area contributed by atoms with Gasteiger partial charge in [0.15, 0.2) is 0 Å². The zero-order valence-electron chi connectivity index (χ0n) is 10.1. The van der Waals surface area contributed by atoms with Crippen LogP contribution in [0.15, 0.2) is 17.5 Å². The van der Waals surface area contributed by atoms with Gasteiger partial charge in [0.05, 0.1) is 12.6 Å². The summed E-state index contributed by atoms with van der Waals surface area (Å²) in [7, 11) is 1.83. The maximum absolute atomic E-state index is 11.8. The van der Waals surface area contributed by atoms with Crippen molar-refractivity contribution in [3.63, 3.8) is 0 Å². The van der Waals surface area contributed by atoms with Crippen LogP contribution in [-0.2, 0) is 11.3 Å². The summed E-state index contributed by atoms with van der Waals surface area (Å²) in [6.07, 6.45) is 0.868. The molecule has 0 radical (unpaired) electrons. The Kier molecular flexibility index (Phi) is 5.49. The molecule has 1 aromatic heterocycles. The molecule has 0 fully saturated rings. The molecule has 0 spiro atoms. The second-order valence-electron chi connectivity index (χ2n) is 4.27. The van der Waals surface area contributed by atoms with Gasteiger partial charge in [-0.2, -0.15) is 0 Å². The molecule has 1 aromatic rings. The highest BCUT2D eigenvalue weighted by molar-refractivity contribution is 7.09. The lowest BCUT2D eigenvalue weighted by molar-refractivity contribution is -0.123. The van der Waals surface area contributed by atoms with Gasteiger partial charge in [0.1, 0.15) is 0 Å². The maximum Gasteiger partial charge on any atom is 0.237 e. The van der Waals surface area contributed by atoms with Gasteiger partial charge in [0.25, 0.3) is 0 Å². The van der Waals surface area contributed by atoms with Crippen molar-refractivity contribution < 1.29 is 4.79 Å². The zero-order chi connectivity index (χ0) is 12.0. The molecule has 3 nitrogen and oxygen atoms in total. The molecular formula is C12H20N2OS. The summed E-state index contributed by atoms with van der Waals surface area (Å²) in [5, 5.41) is 8.02. The zero-order valence-corrected chi connectivity index (χ0v) is 10.9. The Morgan fingerprint density at radius 3 is 2.75 bits per heavy atom. The van der Waals surface area contributed by atoms with Crippen molar-refractivity contribution in [3.8, 4) is 0 Å². The number of carbonyl (C=O) groups excluding carboxylic acids is 1.